The average molecular weight is 425 g/mol. The van der Waals surface area contributed by atoms with Crippen molar-refractivity contribution in [2.75, 3.05) is 6.54 Å². The Kier molecular flexibility index (Phi) is 5.34. The molecule has 164 valence electrons. The second-order valence-corrected chi connectivity index (χ2v) is 9.14. The van der Waals surface area contributed by atoms with Crippen LogP contribution in [-0.4, -0.2) is 39.6 Å². The molecule has 2 N–H and O–H groups in total. The molecule has 1 aliphatic carbocycles. The molecule has 1 amide bonds. The van der Waals surface area contributed by atoms with E-state index in [0.29, 0.717) is 12.2 Å². The molecular formula is C25H29FN2O3. The average Bonchev–Trinajstić information content (AvgIpc) is 3.40. The molecule has 2 fully saturated rings. The van der Waals surface area contributed by atoms with Crippen LogP contribution in [0.4, 0.5) is 4.39 Å². The summed E-state index contributed by atoms with van der Waals surface area (Å²) < 4.78 is 18.7. The number of amides is 1. The Labute approximate surface area is 181 Å². The van der Waals surface area contributed by atoms with E-state index in [9.17, 15) is 14.3 Å². The van der Waals surface area contributed by atoms with Crippen molar-refractivity contribution < 1.29 is 18.7 Å². The number of aromatic nitrogens is 1. The van der Waals surface area contributed by atoms with E-state index >= 15 is 0 Å². The van der Waals surface area contributed by atoms with E-state index in [2.05, 4.69) is 11.9 Å². The number of aromatic amines is 1. The fraction of sp³-hybridized carbons (Fsp3) is 0.480. The van der Waals surface area contributed by atoms with E-state index in [4.69, 9.17) is 4.42 Å². The zero-order chi connectivity index (χ0) is 21.5. The zero-order valence-electron chi connectivity index (χ0n) is 17.8. The smallest absolute Gasteiger partial charge is 0.278 e. The number of aliphatic hydroxyl groups excluding tert-OH is 1. The van der Waals surface area contributed by atoms with E-state index in [-0.39, 0.29) is 29.9 Å². The van der Waals surface area contributed by atoms with Crippen molar-refractivity contribution in [1.82, 2.24) is 9.88 Å². The fourth-order valence-corrected chi connectivity index (χ4v) is 5.72. The molecule has 1 saturated heterocycles. The molecule has 5 rings (SSSR count). The molecule has 3 aromatic rings. The number of carbonyl (C=O) groups is 1. The first-order valence-electron chi connectivity index (χ1n) is 11.4. The lowest BCUT2D eigenvalue weighted by Crippen LogP contribution is -2.53. The number of nitrogens with zero attached hydrogens (tertiary/aromatic N) is 1. The highest BCUT2D eigenvalue weighted by Gasteiger charge is 2.40. The second-order valence-electron chi connectivity index (χ2n) is 9.14. The van der Waals surface area contributed by atoms with Crippen LogP contribution in [-0.2, 0) is 4.79 Å². The number of benzene rings is 1. The summed E-state index contributed by atoms with van der Waals surface area (Å²) in [6.45, 7) is 2.85. The summed E-state index contributed by atoms with van der Waals surface area (Å²) >= 11 is 0. The van der Waals surface area contributed by atoms with Gasteiger partial charge in [0.25, 0.3) is 6.01 Å². The van der Waals surface area contributed by atoms with Gasteiger partial charge in [-0.25, -0.2) is 0 Å². The molecule has 0 spiro atoms. The molecular weight excluding hydrogens is 395 g/mol. The Bertz CT molecular complexity index is 1090. The van der Waals surface area contributed by atoms with Gasteiger partial charge in [0, 0.05) is 53.7 Å². The maximum absolute atomic E-state index is 13.5. The Morgan fingerprint density at radius 1 is 1.26 bits per heavy atom. The van der Waals surface area contributed by atoms with Crippen molar-refractivity contribution in [3.63, 3.8) is 0 Å². The van der Waals surface area contributed by atoms with Gasteiger partial charge in [-0.15, -0.1) is 0 Å². The molecule has 1 saturated carbocycles. The first-order valence-corrected chi connectivity index (χ1v) is 11.4. The van der Waals surface area contributed by atoms with E-state index in [0.717, 1.165) is 60.7 Å². The van der Waals surface area contributed by atoms with Crippen molar-refractivity contribution >= 4 is 16.8 Å². The molecule has 2 aliphatic rings. The minimum Gasteiger partial charge on any atom is -0.431 e. The number of carbonyl (C=O) groups excluding carboxylic acids is 1. The van der Waals surface area contributed by atoms with Crippen LogP contribution >= 0.6 is 0 Å². The Balaban J connectivity index is 1.40. The summed E-state index contributed by atoms with van der Waals surface area (Å²) in [5.41, 5.74) is 2.80. The number of aliphatic hydroxyl groups is 1. The number of piperidine rings is 1. The van der Waals surface area contributed by atoms with Gasteiger partial charge in [0.1, 0.15) is 5.76 Å². The lowest BCUT2D eigenvalue weighted by Gasteiger charge is -2.46. The maximum Gasteiger partial charge on any atom is 0.278 e. The van der Waals surface area contributed by atoms with Crippen LogP contribution in [0.15, 0.2) is 40.9 Å². The molecule has 4 atom stereocenters. The highest BCUT2D eigenvalue weighted by Crippen LogP contribution is 2.39. The van der Waals surface area contributed by atoms with Crippen LogP contribution < -0.4 is 0 Å². The van der Waals surface area contributed by atoms with Crippen molar-refractivity contribution in [3.05, 3.63) is 48.1 Å². The number of hydrogen-bond donors (Lipinski definition) is 2. The summed E-state index contributed by atoms with van der Waals surface area (Å²) in [4.78, 5) is 18.7. The summed E-state index contributed by atoms with van der Waals surface area (Å²) in [6.07, 6.45) is 6.87. The van der Waals surface area contributed by atoms with E-state index in [1.807, 2.05) is 29.3 Å². The van der Waals surface area contributed by atoms with E-state index in [1.54, 1.807) is 6.07 Å². The van der Waals surface area contributed by atoms with Gasteiger partial charge in [-0.2, -0.15) is 4.39 Å². The molecule has 4 unspecified atom stereocenters. The molecule has 3 heterocycles. The third-order valence-electron chi connectivity index (χ3n) is 7.23. The van der Waals surface area contributed by atoms with Crippen molar-refractivity contribution in [3.8, 4) is 11.3 Å². The number of likely N-dealkylation sites (tertiary alicyclic amines) is 1. The SMILES string of the molecule is CC(CC(=O)N1CCCC2C(O)CCCC21)c1c[nH]c2cccc(-c3ccc(F)o3)c12. The molecule has 1 aromatic carbocycles. The number of nitrogens with one attached hydrogen (secondary N) is 1. The van der Waals surface area contributed by atoms with Gasteiger partial charge in [0.05, 0.1) is 6.10 Å². The third-order valence-corrected chi connectivity index (χ3v) is 7.23. The maximum atomic E-state index is 13.5. The second kappa shape index (κ2) is 8.15. The molecule has 2 aromatic heterocycles. The fourth-order valence-electron chi connectivity index (χ4n) is 5.72. The lowest BCUT2D eigenvalue weighted by atomic mass is 9.76. The zero-order valence-corrected chi connectivity index (χ0v) is 17.8. The number of rotatable bonds is 4. The lowest BCUT2D eigenvalue weighted by molar-refractivity contribution is -0.140. The van der Waals surface area contributed by atoms with Crippen molar-refractivity contribution in [2.45, 2.75) is 63.5 Å². The quantitative estimate of drug-likeness (QED) is 0.604. The Morgan fingerprint density at radius 2 is 2.13 bits per heavy atom. The van der Waals surface area contributed by atoms with Crippen LogP contribution in [0.5, 0.6) is 0 Å². The molecule has 6 heteroatoms. The number of fused-ring (bicyclic) bond motifs is 2. The summed E-state index contributed by atoms with van der Waals surface area (Å²) in [5, 5.41) is 11.4. The highest BCUT2D eigenvalue weighted by atomic mass is 19.1. The van der Waals surface area contributed by atoms with Crippen LogP contribution in [0.1, 0.15) is 56.9 Å². The van der Waals surface area contributed by atoms with Gasteiger partial charge >= 0.3 is 0 Å². The van der Waals surface area contributed by atoms with Gasteiger partial charge in [-0.1, -0.05) is 19.1 Å². The number of H-pyrrole nitrogens is 1. The van der Waals surface area contributed by atoms with Crippen LogP contribution in [0.3, 0.4) is 0 Å². The molecule has 1 aliphatic heterocycles. The van der Waals surface area contributed by atoms with Gasteiger partial charge in [-0.05, 0) is 55.7 Å². The van der Waals surface area contributed by atoms with Crippen molar-refractivity contribution in [2.24, 2.45) is 5.92 Å². The van der Waals surface area contributed by atoms with Crippen molar-refractivity contribution in [1.29, 1.82) is 0 Å². The first kappa shape index (κ1) is 20.3. The van der Waals surface area contributed by atoms with Gasteiger partial charge in [0.15, 0.2) is 0 Å². The third kappa shape index (κ3) is 3.67. The minimum absolute atomic E-state index is 0.00361. The van der Waals surface area contributed by atoms with Crippen LogP contribution in [0.25, 0.3) is 22.2 Å². The Hall–Kier alpha value is -2.60. The predicted molar refractivity (Wildman–Crippen MR) is 117 cm³/mol. The molecule has 0 bridgehead atoms. The number of halogens is 1. The minimum atomic E-state index is -0.610. The Morgan fingerprint density at radius 3 is 2.94 bits per heavy atom. The summed E-state index contributed by atoms with van der Waals surface area (Å²) in [6, 6.07) is 8.33. The topological polar surface area (TPSA) is 69.5 Å². The molecule has 5 nitrogen and oxygen atoms in total. The monoisotopic (exact) mass is 424 g/mol. The standard InChI is InChI=1S/C25H29FN2O3/c1-15(13-24(30)28-12-4-6-16-20(28)8-3-9-21(16)29)18-14-27-19-7-2-5-17(25(18)19)22-10-11-23(26)31-22/h2,5,7,10-11,14-16,20-21,27,29H,3-4,6,8-9,12-13H2,1H3. The highest BCUT2D eigenvalue weighted by molar-refractivity contribution is 5.97. The van der Waals surface area contributed by atoms with E-state index in [1.165, 1.54) is 6.07 Å². The van der Waals surface area contributed by atoms with E-state index < -0.39 is 6.01 Å². The first-order chi connectivity index (χ1) is 15.0. The number of hydrogen-bond acceptors (Lipinski definition) is 3. The van der Waals surface area contributed by atoms with Gasteiger partial charge in [-0.3, -0.25) is 4.79 Å². The van der Waals surface area contributed by atoms with Crippen LogP contribution in [0.2, 0.25) is 0 Å². The van der Waals surface area contributed by atoms with Crippen LogP contribution in [0, 0.1) is 11.9 Å². The molecule has 0 radical (unpaired) electrons. The summed E-state index contributed by atoms with van der Waals surface area (Å²) in [7, 11) is 0. The number of furan rings is 1. The molecule has 31 heavy (non-hydrogen) atoms. The largest absolute Gasteiger partial charge is 0.431 e. The normalized spacial score (nSPS) is 24.9. The predicted octanol–water partition coefficient (Wildman–Crippen LogP) is 5.21. The van der Waals surface area contributed by atoms with Gasteiger partial charge in [0.2, 0.25) is 5.91 Å². The summed E-state index contributed by atoms with van der Waals surface area (Å²) in [5.74, 6) is 0.858. The van der Waals surface area contributed by atoms with Gasteiger partial charge < -0.3 is 19.4 Å².